The van der Waals surface area contributed by atoms with Crippen LogP contribution in [0.5, 0.6) is 5.75 Å². The van der Waals surface area contributed by atoms with Gasteiger partial charge in [0, 0.05) is 0 Å². The van der Waals surface area contributed by atoms with Gasteiger partial charge in [-0.15, -0.1) is 0 Å². The van der Waals surface area contributed by atoms with Gasteiger partial charge >= 0.3 is 0 Å². The first kappa shape index (κ1) is 16.0. The van der Waals surface area contributed by atoms with Crippen molar-refractivity contribution in [1.29, 1.82) is 0 Å². The molecule has 0 heterocycles. The number of rotatable bonds is 6. The van der Waals surface area contributed by atoms with Crippen LogP contribution in [0.25, 0.3) is 0 Å². The fourth-order valence-corrected chi connectivity index (χ4v) is 1.74. The Morgan fingerprint density at radius 2 is 1.74 bits per heavy atom. The van der Waals surface area contributed by atoms with Gasteiger partial charge in [0.2, 0.25) is 0 Å². The highest BCUT2D eigenvalue weighted by molar-refractivity contribution is 5.31. The molecule has 3 heteroatoms. The number of hydrogen-bond acceptors (Lipinski definition) is 2. The molecular weight excluding hydrogens is 238 g/mol. The lowest BCUT2D eigenvalue weighted by atomic mass is 9.87. The number of hydrogen-bond donors (Lipinski definition) is 2. The molecule has 1 aromatic carbocycles. The number of benzene rings is 1. The van der Waals surface area contributed by atoms with E-state index in [0.29, 0.717) is 19.2 Å². The van der Waals surface area contributed by atoms with Gasteiger partial charge in [0.1, 0.15) is 25.0 Å². The minimum absolute atomic E-state index is 0.157. The third-order valence-electron chi connectivity index (χ3n) is 3.04. The molecule has 0 aliphatic carbocycles. The third kappa shape index (κ3) is 6.08. The second-order valence-corrected chi connectivity index (χ2v) is 6.45. The summed E-state index contributed by atoms with van der Waals surface area (Å²) < 4.78 is 5.60. The van der Waals surface area contributed by atoms with Gasteiger partial charge in [-0.3, -0.25) is 0 Å². The summed E-state index contributed by atoms with van der Waals surface area (Å²) in [5.41, 5.74) is 1.44. The normalized spacial score (nSPS) is 13.6. The predicted octanol–water partition coefficient (Wildman–Crippen LogP) is 1.70. The summed E-state index contributed by atoms with van der Waals surface area (Å²) in [5.74, 6) is 0.816. The highest BCUT2D eigenvalue weighted by Crippen LogP contribution is 2.24. The summed E-state index contributed by atoms with van der Waals surface area (Å²) in [6, 6.07) is 8.61. The van der Waals surface area contributed by atoms with Gasteiger partial charge in [-0.05, 0) is 37.0 Å². The van der Waals surface area contributed by atoms with Crippen LogP contribution in [0.4, 0.5) is 0 Å². The number of quaternary nitrogens is 1. The maximum atomic E-state index is 9.79. The van der Waals surface area contributed by atoms with Gasteiger partial charge in [0.05, 0.1) is 6.04 Å². The van der Waals surface area contributed by atoms with Crippen LogP contribution in [0.2, 0.25) is 0 Å². The largest absolute Gasteiger partial charge is 0.491 e. The first-order valence-electron chi connectivity index (χ1n) is 7.04. The van der Waals surface area contributed by atoms with Crippen molar-refractivity contribution >= 4 is 0 Å². The molecule has 0 saturated heterocycles. The summed E-state index contributed by atoms with van der Waals surface area (Å²) in [7, 11) is 0. The van der Waals surface area contributed by atoms with E-state index in [9.17, 15) is 5.11 Å². The van der Waals surface area contributed by atoms with Crippen molar-refractivity contribution in [2.45, 2.75) is 52.2 Å². The monoisotopic (exact) mass is 266 g/mol. The zero-order valence-electron chi connectivity index (χ0n) is 12.8. The Hall–Kier alpha value is -1.06. The van der Waals surface area contributed by atoms with Crippen molar-refractivity contribution in [1.82, 2.24) is 0 Å². The first-order valence-corrected chi connectivity index (χ1v) is 7.04. The van der Waals surface area contributed by atoms with Gasteiger partial charge < -0.3 is 15.2 Å². The van der Waals surface area contributed by atoms with E-state index < -0.39 is 6.10 Å². The molecule has 0 bridgehead atoms. The lowest BCUT2D eigenvalue weighted by Gasteiger charge is -2.19. The van der Waals surface area contributed by atoms with E-state index in [4.69, 9.17) is 4.74 Å². The van der Waals surface area contributed by atoms with Gasteiger partial charge in [0.15, 0.2) is 0 Å². The number of nitrogens with two attached hydrogens (primary N) is 1. The van der Waals surface area contributed by atoms with Crippen LogP contribution >= 0.6 is 0 Å². The summed E-state index contributed by atoms with van der Waals surface area (Å²) in [6.07, 6.45) is -0.426. The maximum Gasteiger partial charge on any atom is 0.137 e. The summed E-state index contributed by atoms with van der Waals surface area (Å²) in [5, 5.41) is 11.9. The van der Waals surface area contributed by atoms with Crippen LogP contribution < -0.4 is 10.1 Å². The maximum absolute atomic E-state index is 9.79. The molecule has 1 atom stereocenters. The van der Waals surface area contributed by atoms with E-state index in [0.717, 1.165) is 5.75 Å². The molecular formula is C16H28NO2+. The standard InChI is InChI=1S/C16H27NO2/c1-12(2)17-10-14(18)11-19-15-8-6-13(7-9-15)16(3,4)5/h6-9,12,14,17-18H,10-11H2,1-5H3/p+1/t14-/m1/s1. The molecule has 0 amide bonds. The molecule has 0 unspecified atom stereocenters. The average molecular weight is 266 g/mol. The van der Waals surface area contributed by atoms with Crippen molar-refractivity contribution in [3.05, 3.63) is 29.8 Å². The second-order valence-electron chi connectivity index (χ2n) is 6.45. The molecule has 0 fully saturated rings. The second kappa shape index (κ2) is 6.92. The lowest BCUT2D eigenvalue weighted by Crippen LogP contribution is -2.90. The third-order valence-corrected chi connectivity index (χ3v) is 3.04. The minimum Gasteiger partial charge on any atom is -0.491 e. The molecule has 0 saturated carbocycles. The molecule has 0 aromatic heterocycles. The van der Waals surface area contributed by atoms with Crippen molar-refractivity contribution in [3.63, 3.8) is 0 Å². The van der Waals surface area contributed by atoms with E-state index in [-0.39, 0.29) is 5.41 Å². The zero-order valence-corrected chi connectivity index (χ0v) is 12.8. The van der Waals surface area contributed by atoms with E-state index in [1.54, 1.807) is 0 Å². The number of aliphatic hydroxyl groups excluding tert-OH is 1. The topological polar surface area (TPSA) is 46.1 Å². The van der Waals surface area contributed by atoms with Gasteiger partial charge in [-0.2, -0.15) is 0 Å². The zero-order chi connectivity index (χ0) is 14.5. The predicted molar refractivity (Wildman–Crippen MR) is 78.6 cm³/mol. The molecule has 108 valence electrons. The van der Waals surface area contributed by atoms with E-state index in [1.807, 2.05) is 12.1 Å². The SMILES string of the molecule is CC(C)[NH2+]C[C@@H](O)COc1ccc(C(C)(C)C)cc1. The van der Waals surface area contributed by atoms with Crippen molar-refractivity contribution < 1.29 is 15.2 Å². The Kier molecular flexibility index (Phi) is 5.83. The van der Waals surface area contributed by atoms with Crippen LogP contribution in [0.3, 0.4) is 0 Å². The Balaban J connectivity index is 2.42. The van der Waals surface area contributed by atoms with Gasteiger partial charge in [0.25, 0.3) is 0 Å². The lowest BCUT2D eigenvalue weighted by molar-refractivity contribution is -0.688. The highest BCUT2D eigenvalue weighted by Gasteiger charge is 2.13. The average Bonchev–Trinajstić information content (AvgIpc) is 2.33. The van der Waals surface area contributed by atoms with Crippen LogP contribution in [0.1, 0.15) is 40.2 Å². The first-order chi connectivity index (χ1) is 8.79. The Morgan fingerprint density at radius 1 is 1.16 bits per heavy atom. The quantitative estimate of drug-likeness (QED) is 0.823. The summed E-state index contributed by atoms with van der Waals surface area (Å²) in [6.45, 7) is 11.8. The molecule has 0 aliphatic rings. The molecule has 19 heavy (non-hydrogen) atoms. The Labute approximate surface area is 117 Å². The summed E-state index contributed by atoms with van der Waals surface area (Å²) >= 11 is 0. The Bertz CT molecular complexity index is 365. The van der Waals surface area contributed by atoms with Crippen molar-refractivity contribution in [2.24, 2.45) is 0 Å². The van der Waals surface area contributed by atoms with Crippen molar-refractivity contribution in [3.8, 4) is 5.75 Å². The Morgan fingerprint density at radius 3 is 2.21 bits per heavy atom. The van der Waals surface area contributed by atoms with Crippen LogP contribution in [0, 0.1) is 0 Å². The number of aliphatic hydroxyl groups is 1. The van der Waals surface area contributed by atoms with Crippen LogP contribution in [-0.2, 0) is 5.41 Å². The fraction of sp³-hybridized carbons (Fsp3) is 0.625. The van der Waals surface area contributed by atoms with Crippen molar-refractivity contribution in [2.75, 3.05) is 13.2 Å². The molecule has 0 radical (unpaired) electrons. The molecule has 0 spiro atoms. The fourth-order valence-electron chi connectivity index (χ4n) is 1.74. The molecule has 3 nitrogen and oxygen atoms in total. The number of ether oxygens (including phenoxy) is 1. The van der Waals surface area contributed by atoms with E-state index in [2.05, 4.69) is 52.1 Å². The van der Waals surface area contributed by atoms with Crippen LogP contribution in [0.15, 0.2) is 24.3 Å². The van der Waals surface area contributed by atoms with E-state index >= 15 is 0 Å². The minimum atomic E-state index is -0.426. The molecule has 0 aliphatic heterocycles. The highest BCUT2D eigenvalue weighted by atomic mass is 16.5. The smallest absolute Gasteiger partial charge is 0.137 e. The molecule has 1 aromatic rings. The molecule has 1 rings (SSSR count). The summed E-state index contributed by atoms with van der Waals surface area (Å²) in [4.78, 5) is 0. The van der Waals surface area contributed by atoms with Gasteiger partial charge in [-0.25, -0.2) is 0 Å². The molecule has 3 N–H and O–H groups in total. The van der Waals surface area contributed by atoms with E-state index in [1.165, 1.54) is 5.56 Å². The van der Waals surface area contributed by atoms with Crippen LogP contribution in [-0.4, -0.2) is 30.4 Å². The van der Waals surface area contributed by atoms with Gasteiger partial charge in [-0.1, -0.05) is 32.9 Å².